The zero-order valence-corrected chi connectivity index (χ0v) is 25.6. The molecule has 4 aliphatic rings. The van der Waals surface area contributed by atoms with Gasteiger partial charge in [0.1, 0.15) is 11.0 Å². The summed E-state index contributed by atoms with van der Waals surface area (Å²) in [6, 6.07) is 0. The Labute approximate surface area is 238 Å². The predicted octanol–water partition coefficient (Wildman–Crippen LogP) is 9.83. The van der Waals surface area contributed by atoms with E-state index in [4.69, 9.17) is 16.3 Å². The Kier molecular flexibility index (Phi) is 8.57. The molecule has 0 aromatic heterocycles. The fraction of sp³-hybridized carbons (Fsp3) is 0.788. The van der Waals surface area contributed by atoms with E-state index < -0.39 is 29.5 Å². The molecule has 2 unspecified atom stereocenters. The van der Waals surface area contributed by atoms with Gasteiger partial charge in [-0.2, -0.15) is 13.2 Å². The van der Waals surface area contributed by atoms with Crippen molar-refractivity contribution >= 4 is 17.6 Å². The number of esters is 1. The van der Waals surface area contributed by atoms with E-state index in [-0.39, 0.29) is 5.41 Å². The first-order valence-corrected chi connectivity index (χ1v) is 15.4. The first kappa shape index (κ1) is 30.7. The molecule has 0 spiro atoms. The highest BCUT2D eigenvalue weighted by Gasteiger charge is 2.57. The van der Waals surface area contributed by atoms with Crippen LogP contribution in [0, 0.1) is 46.3 Å². The van der Waals surface area contributed by atoms with Crippen LogP contribution in [-0.2, 0) is 9.53 Å². The van der Waals surface area contributed by atoms with Crippen molar-refractivity contribution in [2.24, 2.45) is 46.3 Å². The molecule has 0 aliphatic heterocycles. The molecule has 0 bridgehead atoms. The van der Waals surface area contributed by atoms with Gasteiger partial charge in [0.05, 0.1) is 6.42 Å². The van der Waals surface area contributed by atoms with Crippen LogP contribution in [0.5, 0.6) is 0 Å². The molecule has 0 heterocycles. The van der Waals surface area contributed by atoms with Gasteiger partial charge < -0.3 is 4.74 Å². The van der Waals surface area contributed by atoms with Gasteiger partial charge in [-0.1, -0.05) is 77.0 Å². The second-order valence-electron chi connectivity index (χ2n) is 14.2. The first-order chi connectivity index (χ1) is 18.0. The molecular formula is C33H48ClF3O2. The molecular weight excluding hydrogens is 521 g/mol. The minimum Gasteiger partial charge on any atom is -0.461 e. The summed E-state index contributed by atoms with van der Waals surface area (Å²) in [6.07, 6.45) is 10.2. The van der Waals surface area contributed by atoms with Crippen molar-refractivity contribution in [3.05, 3.63) is 35.5 Å². The zero-order valence-electron chi connectivity index (χ0n) is 24.8. The Morgan fingerprint density at radius 2 is 1.74 bits per heavy atom. The molecule has 3 saturated carbocycles. The molecule has 0 saturated heterocycles. The topological polar surface area (TPSA) is 26.3 Å². The van der Waals surface area contributed by atoms with E-state index in [9.17, 15) is 18.0 Å². The van der Waals surface area contributed by atoms with Crippen molar-refractivity contribution < 1.29 is 22.7 Å². The molecule has 39 heavy (non-hydrogen) atoms. The van der Waals surface area contributed by atoms with Crippen molar-refractivity contribution in [3.8, 4) is 0 Å². The highest BCUT2D eigenvalue weighted by molar-refractivity contribution is 6.33. The van der Waals surface area contributed by atoms with Crippen molar-refractivity contribution in [1.82, 2.24) is 0 Å². The van der Waals surface area contributed by atoms with Crippen LogP contribution in [0.25, 0.3) is 0 Å². The van der Waals surface area contributed by atoms with Crippen LogP contribution < -0.4 is 0 Å². The minimum atomic E-state index is -4.52. The number of rotatable bonds is 7. The highest BCUT2D eigenvalue weighted by atomic mass is 35.5. The molecule has 0 amide bonds. The van der Waals surface area contributed by atoms with Crippen LogP contribution in [0.3, 0.4) is 0 Å². The maximum Gasteiger partial charge on any atom is 0.391 e. The third-order valence-corrected chi connectivity index (χ3v) is 11.5. The van der Waals surface area contributed by atoms with Crippen molar-refractivity contribution in [2.75, 3.05) is 0 Å². The number of hydrogen-bond acceptors (Lipinski definition) is 2. The molecule has 0 aromatic rings. The molecule has 3 fully saturated rings. The number of alkyl halides is 4. The molecule has 0 radical (unpaired) electrons. The van der Waals surface area contributed by atoms with E-state index in [1.54, 1.807) is 5.57 Å². The molecule has 2 nitrogen and oxygen atoms in total. The van der Waals surface area contributed by atoms with E-state index >= 15 is 0 Å². The number of hydrogen-bond donors (Lipinski definition) is 0. The molecule has 0 aromatic carbocycles. The molecule has 4 rings (SSSR count). The second-order valence-corrected chi connectivity index (χ2v) is 15.1. The number of allylic oxidation sites excluding steroid dienone is 5. The fourth-order valence-electron chi connectivity index (χ4n) is 8.40. The summed E-state index contributed by atoms with van der Waals surface area (Å²) in [5.41, 5.74) is 3.20. The maximum absolute atomic E-state index is 12.9. The maximum atomic E-state index is 12.9. The van der Waals surface area contributed by atoms with Gasteiger partial charge in [0.2, 0.25) is 0 Å². The molecule has 220 valence electrons. The lowest BCUT2D eigenvalue weighted by Crippen LogP contribution is -2.47. The summed E-state index contributed by atoms with van der Waals surface area (Å²) >= 11 is 5.97. The Hall–Kier alpha value is -1.23. The second kappa shape index (κ2) is 10.9. The van der Waals surface area contributed by atoms with E-state index in [0.29, 0.717) is 53.8 Å². The van der Waals surface area contributed by atoms with Crippen LogP contribution in [0.15, 0.2) is 35.5 Å². The van der Waals surface area contributed by atoms with Gasteiger partial charge in [-0.25, -0.2) is 0 Å². The van der Waals surface area contributed by atoms with Crippen LogP contribution in [0.4, 0.5) is 13.2 Å². The Morgan fingerprint density at radius 1 is 1.05 bits per heavy atom. The number of carbonyl (C=O) groups excluding carboxylic acids is 1. The fourth-order valence-corrected chi connectivity index (χ4v) is 8.60. The van der Waals surface area contributed by atoms with Crippen molar-refractivity contribution in [2.45, 2.75) is 117 Å². The Balaban J connectivity index is 1.48. The minimum absolute atomic E-state index is 0.0147. The van der Waals surface area contributed by atoms with Crippen LogP contribution in [0.2, 0.25) is 0 Å². The number of halogens is 4. The van der Waals surface area contributed by atoms with Gasteiger partial charge in [-0.05, 0) is 91.8 Å². The average Bonchev–Trinajstić information content (AvgIpc) is 3.18. The van der Waals surface area contributed by atoms with Gasteiger partial charge in [0.15, 0.2) is 0 Å². The summed E-state index contributed by atoms with van der Waals surface area (Å²) in [5.74, 6) is 2.62. The van der Waals surface area contributed by atoms with Gasteiger partial charge in [-0.15, -0.1) is 11.6 Å². The SMILES string of the molecule is CC(C)[C@@H](C)/C=C/[C@@H](C)C1CC[C@H]2C3=CC=C4C[C@@H](OC(=O)C(C)(Cl)CC(F)(F)F)CC[C@]4(C)[C@H]3CC[C@]12C. The quantitative estimate of drug-likeness (QED) is 0.173. The highest BCUT2D eigenvalue weighted by Crippen LogP contribution is 2.66. The molecule has 9 atom stereocenters. The van der Waals surface area contributed by atoms with Gasteiger partial charge >= 0.3 is 12.1 Å². The standard InChI is InChI=1S/C33H48ClF3O2/c1-20(2)21(3)8-9-22(4)26-12-13-27-25-11-10-23-18-24(39-29(38)32(7,34)19-33(35,36)37)14-16-30(23,5)28(25)15-17-31(26,27)6/h8-11,20-22,24,26-28H,12-19H2,1-7H3/b9-8+/t21-,22+,24-,26?,27-,28-,30-,31+,32?/m0/s1. The first-order valence-electron chi connectivity index (χ1n) is 15.0. The van der Waals surface area contributed by atoms with Crippen LogP contribution >= 0.6 is 11.6 Å². The Morgan fingerprint density at radius 3 is 2.38 bits per heavy atom. The summed E-state index contributed by atoms with van der Waals surface area (Å²) in [4.78, 5) is 10.5. The normalized spacial score (nSPS) is 37.7. The van der Waals surface area contributed by atoms with Crippen molar-refractivity contribution in [3.63, 3.8) is 0 Å². The van der Waals surface area contributed by atoms with E-state index in [2.05, 4.69) is 65.8 Å². The number of ether oxygens (including phenoxy) is 1. The van der Waals surface area contributed by atoms with Gasteiger partial charge in [0.25, 0.3) is 0 Å². The largest absolute Gasteiger partial charge is 0.461 e. The predicted molar refractivity (Wildman–Crippen MR) is 152 cm³/mol. The van der Waals surface area contributed by atoms with Crippen LogP contribution in [0.1, 0.15) is 99.8 Å². The summed E-state index contributed by atoms with van der Waals surface area (Å²) in [5, 5.41) is 0. The smallest absolute Gasteiger partial charge is 0.391 e. The van der Waals surface area contributed by atoms with Gasteiger partial charge in [0, 0.05) is 6.42 Å². The summed E-state index contributed by atoms with van der Waals surface area (Å²) < 4.78 is 44.3. The molecule has 6 heteroatoms. The zero-order chi connectivity index (χ0) is 29.0. The summed E-state index contributed by atoms with van der Waals surface area (Å²) in [6.45, 7) is 15.3. The van der Waals surface area contributed by atoms with Crippen molar-refractivity contribution in [1.29, 1.82) is 0 Å². The third kappa shape index (κ3) is 6.04. The lowest BCUT2D eigenvalue weighted by molar-refractivity contribution is -0.168. The van der Waals surface area contributed by atoms with Gasteiger partial charge in [-0.3, -0.25) is 4.79 Å². The lowest BCUT2D eigenvalue weighted by Gasteiger charge is -2.55. The Bertz CT molecular complexity index is 1020. The molecule has 0 N–H and O–H groups in total. The third-order valence-electron chi connectivity index (χ3n) is 11.2. The average molecular weight is 569 g/mol. The van der Waals surface area contributed by atoms with E-state index in [1.165, 1.54) is 24.8 Å². The van der Waals surface area contributed by atoms with E-state index in [0.717, 1.165) is 19.8 Å². The monoisotopic (exact) mass is 568 g/mol. The number of carbonyl (C=O) groups is 1. The summed E-state index contributed by atoms with van der Waals surface area (Å²) in [7, 11) is 0. The lowest BCUT2D eigenvalue weighted by atomic mass is 9.50. The molecule has 4 aliphatic carbocycles. The van der Waals surface area contributed by atoms with E-state index in [1.807, 2.05) is 0 Å². The van der Waals surface area contributed by atoms with Crippen LogP contribution in [-0.4, -0.2) is 23.1 Å². The number of fused-ring (bicyclic) bond motifs is 5.